The van der Waals surface area contributed by atoms with Crippen molar-refractivity contribution in [2.45, 2.75) is 19.0 Å². The van der Waals surface area contributed by atoms with Crippen LogP contribution in [-0.4, -0.2) is 49.3 Å². The van der Waals surface area contributed by atoms with Gasteiger partial charge in [-0.25, -0.2) is 4.79 Å². The predicted octanol–water partition coefficient (Wildman–Crippen LogP) is 2.37. The molecule has 0 atom stereocenters. The molecule has 9 heteroatoms. The van der Waals surface area contributed by atoms with Crippen LogP contribution in [0.5, 0.6) is 5.75 Å². The summed E-state index contributed by atoms with van der Waals surface area (Å²) < 4.78 is 40.9. The zero-order valence-corrected chi connectivity index (χ0v) is 12.9. The lowest BCUT2D eigenvalue weighted by molar-refractivity contribution is -0.153. The van der Waals surface area contributed by atoms with E-state index in [4.69, 9.17) is 0 Å². The van der Waals surface area contributed by atoms with Crippen LogP contribution in [0, 0.1) is 0 Å². The van der Waals surface area contributed by atoms with E-state index in [1.54, 1.807) is 4.90 Å². The Bertz CT molecular complexity index is 587. The summed E-state index contributed by atoms with van der Waals surface area (Å²) in [5.74, 6) is -0.178. The second-order valence-electron chi connectivity index (χ2n) is 5.33. The zero-order valence-electron chi connectivity index (χ0n) is 12.9. The van der Waals surface area contributed by atoms with Crippen LogP contribution in [0.1, 0.15) is 12.8 Å². The van der Waals surface area contributed by atoms with Crippen molar-refractivity contribution in [3.05, 3.63) is 24.3 Å². The third kappa shape index (κ3) is 5.98. The van der Waals surface area contributed by atoms with E-state index in [2.05, 4.69) is 15.4 Å². The topological polar surface area (TPSA) is 70.7 Å². The standard InChI is InChI=1S/C15H18F3N3O3/c16-15(17,18)10-24-12-5-3-4-11(8-12)20-14(23)19-9-13(22)21-6-1-2-7-21/h3-5,8H,1-2,6-7,9-10H2,(H2,19,20,23). The maximum atomic E-state index is 12.1. The lowest BCUT2D eigenvalue weighted by atomic mass is 10.3. The zero-order chi connectivity index (χ0) is 17.6. The summed E-state index contributed by atoms with van der Waals surface area (Å²) in [5, 5.41) is 4.86. The first-order valence-electron chi connectivity index (χ1n) is 7.46. The molecule has 3 amide bonds. The number of nitrogens with one attached hydrogen (secondary N) is 2. The van der Waals surface area contributed by atoms with Gasteiger partial charge in [-0.05, 0) is 25.0 Å². The fourth-order valence-corrected chi connectivity index (χ4v) is 2.24. The van der Waals surface area contributed by atoms with Crippen molar-refractivity contribution in [1.29, 1.82) is 0 Å². The van der Waals surface area contributed by atoms with Gasteiger partial charge in [0.1, 0.15) is 5.75 Å². The lowest BCUT2D eigenvalue weighted by Gasteiger charge is -2.15. The van der Waals surface area contributed by atoms with Crippen LogP contribution in [0.4, 0.5) is 23.7 Å². The van der Waals surface area contributed by atoms with Crippen molar-refractivity contribution in [3.63, 3.8) is 0 Å². The maximum absolute atomic E-state index is 12.1. The molecule has 0 aromatic heterocycles. The van der Waals surface area contributed by atoms with Gasteiger partial charge in [-0.3, -0.25) is 4.79 Å². The van der Waals surface area contributed by atoms with E-state index in [1.165, 1.54) is 24.3 Å². The number of halogens is 3. The molecular weight excluding hydrogens is 327 g/mol. The number of urea groups is 1. The van der Waals surface area contributed by atoms with Crippen molar-refractivity contribution in [2.24, 2.45) is 0 Å². The van der Waals surface area contributed by atoms with Crippen molar-refractivity contribution in [1.82, 2.24) is 10.2 Å². The quantitative estimate of drug-likeness (QED) is 0.861. The number of likely N-dealkylation sites (tertiary alicyclic amines) is 1. The van der Waals surface area contributed by atoms with Gasteiger partial charge < -0.3 is 20.3 Å². The molecule has 1 aliphatic rings. The first kappa shape index (κ1) is 17.9. The maximum Gasteiger partial charge on any atom is 0.422 e. The third-order valence-corrected chi connectivity index (χ3v) is 3.35. The van der Waals surface area contributed by atoms with E-state index in [0.29, 0.717) is 13.1 Å². The smallest absolute Gasteiger partial charge is 0.422 e. The van der Waals surface area contributed by atoms with E-state index < -0.39 is 18.8 Å². The Morgan fingerprint density at radius 2 is 1.92 bits per heavy atom. The monoisotopic (exact) mass is 345 g/mol. The van der Waals surface area contributed by atoms with E-state index in [-0.39, 0.29) is 23.9 Å². The van der Waals surface area contributed by atoms with Gasteiger partial charge in [0, 0.05) is 24.8 Å². The molecule has 1 aliphatic heterocycles. The van der Waals surface area contributed by atoms with Crippen LogP contribution in [-0.2, 0) is 4.79 Å². The molecule has 0 unspecified atom stereocenters. The van der Waals surface area contributed by atoms with Gasteiger partial charge in [0.05, 0.1) is 6.54 Å². The normalized spacial score (nSPS) is 14.4. The minimum absolute atomic E-state index is 0.0155. The van der Waals surface area contributed by atoms with Gasteiger partial charge in [-0.1, -0.05) is 6.07 Å². The molecule has 2 N–H and O–H groups in total. The summed E-state index contributed by atoms with van der Waals surface area (Å²) in [5.41, 5.74) is 0.265. The lowest BCUT2D eigenvalue weighted by Crippen LogP contribution is -2.40. The third-order valence-electron chi connectivity index (χ3n) is 3.35. The van der Waals surface area contributed by atoms with Crippen LogP contribution in [0.25, 0.3) is 0 Å². The number of alkyl halides is 3. The summed E-state index contributed by atoms with van der Waals surface area (Å²) in [4.78, 5) is 25.2. The largest absolute Gasteiger partial charge is 0.484 e. The van der Waals surface area contributed by atoms with E-state index in [1.807, 2.05) is 0 Å². The molecule has 0 saturated carbocycles. The molecule has 132 valence electrons. The second kappa shape index (κ2) is 7.89. The van der Waals surface area contributed by atoms with Gasteiger partial charge >= 0.3 is 12.2 Å². The van der Waals surface area contributed by atoms with E-state index >= 15 is 0 Å². The highest BCUT2D eigenvalue weighted by atomic mass is 19.4. The summed E-state index contributed by atoms with van der Waals surface area (Å²) in [6.07, 6.45) is -2.51. The highest BCUT2D eigenvalue weighted by Gasteiger charge is 2.28. The molecule has 2 rings (SSSR count). The molecule has 1 fully saturated rings. The van der Waals surface area contributed by atoms with Gasteiger partial charge in [-0.15, -0.1) is 0 Å². The average molecular weight is 345 g/mol. The molecule has 1 aromatic carbocycles. The van der Waals surface area contributed by atoms with E-state index in [0.717, 1.165) is 12.8 Å². The molecule has 1 aromatic rings. The highest BCUT2D eigenvalue weighted by Crippen LogP contribution is 2.21. The molecule has 1 heterocycles. The Labute approximate surface area is 137 Å². The SMILES string of the molecule is O=C(NCC(=O)N1CCCC1)Nc1cccc(OCC(F)(F)F)c1. The molecular formula is C15H18F3N3O3. The Morgan fingerprint density at radius 1 is 1.21 bits per heavy atom. The Hall–Kier alpha value is -2.45. The first-order chi connectivity index (χ1) is 11.3. The molecule has 0 aliphatic carbocycles. The fourth-order valence-electron chi connectivity index (χ4n) is 2.24. The van der Waals surface area contributed by atoms with Crippen LogP contribution >= 0.6 is 0 Å². The highest BCUT2D eigenvalue weighted by molar-refractivity contribution is 5.92. The number of rotatable bonds is 5. The fraction of sp³-hybridized carbons (Fsp3) is 0.467. The molecule has 0 spiro atoms. The van der Waals surface area contributed by atoms with Crippen LogP contribution in [0.2, 0.25) is 0 Å². The Morgan fingerprint density at radius 3 is 2.58 bits per heavy atom. The minimum atomic E-state index is -4.43. The van der Waals surface area contributed by atoms with Crippen LogP contribution < -0.4 is 15.4 Å². The molecule has 0 radical (unpaired) electrons. The number of ether oxygens (including phenoxy) is 1. The van der Waals surface area contributed by atoms with Gasteiger partial charge in [0.15, 0.2) is 6.61 Å². The van der Waals surface area contributed by atoms with Gasteiger partial charge in [0.25, 0.3) is 0 Å². The number of carbonyl (C=O) groups excluding carboxylic acids is 2. The number of benzene rings is 1. The molecule has 0 bridgehead atoms. The van der Waals surface area contributed by atoms with Crippen molar-refractivity contribution >= 4 is 17.6 Å². The summed E-state index contributed by atoms with van der Waals surface area (Å²) >= 11 is 0. The number of nitrogens with zero attached hydrogens (tertiary/aromatic N) is 1. The van der Waals surface area contributed by atoms with Gasteiger partial charge in [-0.2, -0.15) is 13.2 Å². The average Bonchev–Trinajstić information content (AvgIpc) is 3.05. The van der Waals surface area contributed by atoms with Crippen LogP contribution in [0.3, 0.4) is 0 Å². The second-order valence-corrected chi connectivity index (χ2v) is 5.33. The molecule has 1 saturated heterocycles. The first-order valence-corrected chi connectivity index (χ1v) is 7.46. The number of hydrogen-bond donors (Lipinski definition) is 2. The minimum Gasteiger partial charge on any atom is -0.484 e. The number of carbonyl (C=O) groups is 2. The molecule has 24 heavy (non-hydrogen) atoms. The van der Waals surface area contributed by atoms with Crippen molar-refractivity contribution in [2.75, 3.05) is 31.6 Å². The summed E-state index contributed by atoms with van der Waals surface area (Å²) in [6.45, 7) is -0.148. The Balaban J connectivity index is 1.79. The molecule has 6 nitrogen and oxygen atoms in total. The van der Waals surface area contributed by atoms with Crippen molar-refractivity contribution in [3.8, 4) is 5.75 Å². The predicted molar refractivity (Wildman–Crippen MR) is 80.8 cm³/mol. The van der Waals surface area contributed by atoms with Crippen LogP contribution in [0.15, 0.2) is 24.3 Å². The summed E-state index contributed by atoms with van der Waals surface area (Å²) in [7, 11) is 0. The number of hydrogen-bond acceptors (Lipinski definition) is 3. The van der Waals surface area contributed by atoms with Gasteiger partial charge in [0.2, 0.25) is 5.91 Å². The number of anilines is 1. The van der Waals surface area contributed by atoms with E-state index in [9.17, 15) is 22.8 Å². The summed E-state index contributed by atoms with van der Waals surface area (Å²) in [6, 6.07) is 4.97. The Kier molecular flexibility index (Phi) is 5.88. The van der Waals surface area contributed by atoms with Crippen molar-refractivity contribution < 1.29 is 27.5 Å². The number of amides is 3.